The summed E-state index contributed by atoms with van der Waals surface area (Å²) in [5.41, 5.74) is 1.12. The molecule has 4 nitrogen and oxygen atoms in total. The Hall–Kier alpha value is -0.220. The molecular weight excluding hydrogens is 620 g/mol. The van der Waals surface area contributed by atoms with Gasteiger partial charge in [-0.3, -0.25) is 0 Å². The first-order valence-corrected chi connectivity index (χ1v) is 14.5. The monoisotopic (exact) mass is 642 g/mol. The van der Waals surface area contributed by atoms with Gasteiger partial charge in [-0.15, -0.1) is 0 Å². The Morgan fingerprint density at radius 2 is 1.03 bits per heavy atom. The molecule has 9 heteroatoms. The molecule has 0 unspecified atom stereocenters. The first kappa shape index (κ1) is 26.0. The van der Waals surface area contributed by atoms with E-state index >= 15 is 0 Å². The molecule has 0 fully saturated rings. The molecular formula is C21H25Br3O4S2. The Bertz CT molecular complexity index is 1110. The number of hydrogen-bond acceptors (Lipinski definition) is 4. The van der Waals surface area contributed by atoms with Gasteiger partial charge in [-0.2, -0.15) is 0 Å². The van der Waals surface area contributed by atoms with Gasteiger partial charge in [-0.25, -0.2) is 16.8 Å². The molecule has 0 N–H and O–H groups in total. The third-order valence-corrected chi connectivity index (χ3v) is 11.8. The minimum absolute atomic E-state index is 0.0219. The van der Waals surface area contributed by atoms with Gasteiger partial charge in [0.2, 0.25) is 21.1 Å². The van der Waals surface area contributed by atoms with Crippen molar-refractivity contribution in [2.75, 3.05) is 0 Å². The van der Waals surface area contributed by atoms with Gasteiger partial charge in [0.05, 0.1) is 14.7 Å². The van der Waals surface area contributed by atoms with Crippen LogP contribution < -0.4 is 0 Å². The van der Waals surface area contributed by atoms with Crippen LogP contribution in [0.15, 0.2) is 63.2 Å². The third-order valence-electron chi connectivity index (χ3n) is 4.67. The average molecular weight is 645 g/mol. The highest BCUT2D eigenvalue weighted by atomic mass is 80.0. The van der Waals surface area contributed by atoms with E-state index in [1.165, 1.54) is 24.3 Å². The lowest BCUT2D eigenvalue weighted by Gasteiger charge is -2.33. The predicted octanol–water partition coefficient (Wildman–Crippen LogP) is 6.80. The second-order valence-corrected chi connectivity index (χ2v) is 21.4. The number of hydrogen-bond donors (Lipinski definition) is 0. The van der Waals surface area contributed by atoms with Gasteiger partial charge in [0.1, 0.15) is 0 Å². The van der Waals surface area contributed by atoms with Crippen LogP contribution in [0.4, 0.5) is 0 Å². The number of rotatable bonds is 5. The Morgan fingerprint density at radius 3 is 1.40 bits per heavy atom. The fraction of sp³-hybridized carbons (Fsp3) is 0.429. The fourth-order valence-corrected chi connectivity index (χ4v) is 7.29. The zero-order valence-electron chi connectivity index (χ0n) is 17.4. The summed E-state index contributed by atoms with van der Waals surface area (Å²) < 4.78 is 49.3. The van der Waals surface area contributed by atoms with Crippen molar-refractivity contribution in [3.05, 3.63) is 54.1 Å². The number of halogens is 3. The molecule has 166 valence electrons. The number of alkyl halides is 3. The number of benzene rings is 2. The number of sulfone groups is 2. The molecule has 2 rings (SSSR count). The topological polar surface area (TPSA) is 68.3 Å². The van der Waals surface area contributed by atoms with Crippen LogP contribution in [-0.4, -0.2) is 18.3 Å². The summed E-state index contributed by atoms with van der Waals surface area (Å²) in [4.78, 5) is 0.183. The molecule has 0 saturated carbocycles. The molecule has 0 aliphatic rings. The normalized spacial score (nSPS) is 14.0. The van der Waals surface area contributed by atoms with Crippen molar-refractivity contribution >= 4 is 67.5 Å². The van der Waals surface area contributed by atoms with Crippen LogP contribution in [0.25, 0.3) is 0 Å². The average Bonchev–Trinajstić information content (AvgIpc) is 2.59. The van der Waals surface area contributed by atoms with E-state index in [9.17, 15) is 16.8 Å². The highest BCUT2D eigenvalue weighted by Crippen LogP contribution is 2.43. The van der Waals surface area contributed by atoms with E-state index in [1.807, 2.05) is 12.1 Å². The zero-order valence-corrected chi connectivity index (χ0v) is 23.8. The van der Waals surface area contributed by atoms with Crippen molar-refractivity contribution < 1.29 is 16.8 Å². The molecule has 0 aromatic heterocycles. The Labute approximate surface area is 205 Å². The Morgan fingerprint density at radius 1 is 0.667 bits per heavy atom. The molecule has 0 aliphatic heterocycles. The quantitative estimate of drug-likeness (QED) is 0.336. The van der Waals surface area contributed by atoms with Crippen LogP contribution in [-0.2, 0) is 25.1 Å². The second-order valence-electron chi connectivity index (χ2n) is 9.07. The Balaban J connectivity index is 2.36. The van der Waals surface area contributed by atoms with Gasteiger partial charge in [0.25, 0.3) is 0 Å². The smallest absolute Gasteiger partial charge is 0.220 e. The molecule has 0 radical (unpaired) electrons. The molecule has 2 aromatic carbocycles. The third kappa shape index (κ3) is 5.77. The summed E-state index contributed by atoms with van der Waals surface area (Å²) in [5.74, 6) is 0. The van der Waals surface area contributed by atoms with E-state index in [1.54, 1.807) is 12.1 Å². The minimum Gasteiger partial charge on any atom is -0.220 e. The van der Waals surface area contributed by atoms with Gasteiger partial charge in [0.15, 0.2) is 0 Å². The molecule has 0 spiro atoms. The lowest BCUT2D eigenvalue weighted by atomic mass is 9.72. The molecule has 0 bridgehead atoms. The van der Waals surface area contributed by atoms with Crippen molar-refractivity contribution in [2.45, 2.75) is 62.6 Å². The Kier molecular flexibility index (Phi) is 7.48. The first-order valence-electron chi connectivity index (χ1n) is 9.15. The largest absolute Gasteiger partial charge is 0.239 e. The fourth-order valence-electron chi connectivity index (χ4n) is 3.58. The lowest BCUT2D eigenvalue weighted by Crippen LogP contribution is -2.24. The van der Waals surface area contributed by atoms with Crippen molar-refractivity contribution in [3.8, 4) is 0 Å². The molecule has 0 atom stereocenters. The maximum Gasteiger partial charge on any atom is 0.239 e. The standard InChI is InChI=1S/C21H25Br3O4S2/c1-19(2,3)14-20(4,5)15-6-8-16(9-7-15)29(25,26)17-10-12-18(13-11-17)30(27,28)21(22,23)24/h6-13H,14H2,1-5H3. The van der Waals surface area contributed by atoms with E-state index in [2.05, 4.69) is 82.4 Å². The van der Waals surface area contributed by atoms with Crippen LogP contribution >= 0.6 is 47.8 Å². The van der Waals surface area contributed by atoms with Crippen molar-refractivity contribution in [1.29, 1.82) is 0 Å². The highest BCUT2D eigenvalue weighted by Gasteiger charge is 2.37. The van der Waals surface area contributed by atoms with Gasteiger partial charge in [0, 0.05) is 0 Å². The van der Waals surface area contributed by atoms with Crippen molar-refractivity contribution in [2.24, 2.45) is 5.41 Å². The molecule has 0 saturated heterocycles. The van der Waals surface area contributed by atoms with Crippen LogP contribution in [0, 0.1) is 5.41 Å². The summed E-state index contributed by atoms with van der Waals surface area (Å²) >= 11 is 9.00. The molecule has 0 amide bonds. The minimum atomic E-state index is -3.79. The maximum absolute atomic E-state index is 13.0. The maximum atomic E-state index is 13.0. The van der Waals surface area contributed by atoms with Crippen LogP contribution in [0.1, 0.15) is 46.6 Å². The summed E-state index contributed by atoms with van der Waals surface area (Å²) in [5, 5.41) is 0. The predicted molar refractivity (Wildman–Crippen MR) is 132 cm³/mol. The first-order chi connectivity index (χ1) is 13.4. The van der Waals surface area contributed by atoms with E-state index in [0.29, 0.717) is 0 Å². The van der Waals surface area contributed by atoms with Gasteiger partial charge in [-0.05, 0) is 107 Å². The van der Waals surface area contributed by atoms with Gasteiger partial charge < -0.3 is 0 Å². The highest BCUT2D eigenvalue weighted by molar-refractivity contribution is 9.42. The summed E-state index contributed by atoms with van der Waals surface area (Å²) in [7, 11) is -7.55. The van der Waals surface area contributed by atoms with Gasteiger partial charge >= 0.3 is 0 Å². The van der Waals surface area contributed by atoms with E-state index < -0.39 is 21.1 Å². The SMILES string of the molecule is CC(C)(C)CC(C)(C)c1ccc(S(=O)(=O)c2ccc(S(=O)(=O)C(Br)(Br)Br)cc2)cc1. The van der Waals surface area contributed by atoms with Crippen molar-refractivity contribution in [3.63, 3.8) is 0 Å². The molecule has 30 heavy (non-hydrogen) atoms. The molecule has 2 aromatic rings. The van der Waals surface area contributed by atoms with Gasteiger partial charge in [-0.1, -0.05) is 46.8 Å². The molecule has 0 heterocycles. The van der Waals surface area contributed by atoms with E-state index in [-0.39, 0.29) is 25.5 Å². The van der Waals surface area contributed by atoms with Crippen molar-refractivity contribution in [1.82, 2.24) is 0 Å². The van der Waals surface area contributed by atoms with Crippen LogP contribution in [0.5, 0.6) is 0 Å². The lowest BCUT2D eigenvalue weighted by molar-refractivity contribution is 0.284. The summed E-state index contributed by atoms with van der Waals surface area (Å²) in [6.45, 7) is 10.9. The van der Waals surface area contributed by atoms with Crippen LogP contribution in [0.2, 0.25) is 0 Å². The summed E-state index contributed by atoms with van der Waals surface area (Å²) in [6, 6.07) is 12.1. The molecule has 0 aliphatic carbocycles. The van der Waals surface area contributed by atoms with E-state index in [4.69, 9.17) is 0 Å². The van der Waals surface area contributed by atoms with Crippen LogP contribution in [0.3, 0.4) is 0 Å². The van der Waals surface area contributed by atoms with E-state index in [0.717, 1.165) is 12.0 Å². The second kappa shape index (κ2) is 8.61. The summed E-state index contributed by atoms with van der Waals surface area (Å²) in [6.07, 6.45) is 0.957. The zero-order chi connectivity index (χ0) is 23.2.